The van der Waals surface area contributed by atoms with E-state index in [0.717, 1.165) is 47.4 Å². The van der Waals surface area contributed by atoms with E-state index in [1.807, 2.05) is 0 Å². The number of alkyl halides is 3. The van der Waals surface area contributed by atoms with E-state index in [2.05, 4.69) is 4.98 Å². The van der Waals surface area contributed by atoms with Crippen LogP contribution in [0.15, 0.2) is 34.7 Å². The van der Waals surface area contributed by atoms with Gasteiger partial charge >= 0.3 is 6.18 Å². The number of hydrogen-bond acceptors (Lipinski definition) is 3. The van der Waals surface area contributed by atoms with Crippen LogP contribution >= 0.6 is 34.7 Å². The maximum atomic E-state index is 13.6. The zero-order chi connectivity index (χ0) is 17.5. The summed E-state index contributed by atoms with van der Waals surface area (Å²) in [5.41, 5.74) is -0.727. The number of benzene rings is 2. The van der Waals surface area contributed by atoms with Gasteiger partial charge in [0, 0.05) is 11.3 Å². The summed E-state index contributed by atoms with van der Waals surface area (Å²) in [7, 11) is 0. The van der Waals surface area contributed by atoms with Crippen LogP contribution in [0.1, 0.15) is 11.1 Å². The van der Waals surface area contributed by atoms with E-state index in [4.69, 9.17) is 11.6 Å². The third-order valence-corrected chi connectivity index (χ3v) is 5.62. The molecule has 2 aromatic carbocycles. The molecule has 0 N–H and O–H groups in total. The molecule has 0 spiro atoms. The molecular formula is C15H7ClF5NS2. The first kappa shape index (κ1) is 17.4. The van der Waals surface area contributed by atoms with Crippen LogP contribution in [0.2, 0.25) is 5.02 Å². The molecule has 9 heteroatoms. The lowest BCUT2D eigenvalue weighted by molar-refractivity contribution is -0.137. The number of thioether (sulfide) groups is 1. The summed E-state index contributed by atoms with van der Waals surface area (Å²) in [6.07, 6.45) is -4.51. The van der Waals surface area contributed by atoms with E-state index >= 15 is 0 Å². The Balaban J connectivity index is 1.90. The van der Waals surface area contributed by atoms with Crippen LogP contribution < -0.4 is 0 Å². The molecule has 0 fully saturated rings. The molecule has 0 radical (unpaired) electrons. The molecule has 0 bridgehead atoms. The van der Waals surface area contributed by atoms with Gasteiger partial charge in [-0.05, 0) is 24.3 Å². The van der Waals surface area contributed by atoms with Crippen molar-refractivity contribution in [3.63, 3.8) is 0 Å². The van der Waals surface area contributed by atoms with Gasteiger partial charge in [0.25, 0.3) is 0 Å². The van der Waals surface area contributed by atoms with Crippen molar-refractivity contribution in [1.82, 2.24) is 4.98 Å². The van der Waals surface area contributed by atoms with E-state index in [1.54, 1.807) is 0 Å². The van der Waals surface area contributed by atoms with Crippen molar-refractivity contribution in [2.24, 2.45) is 0 Å². The van der Waals surface area contributed by atoms with Crippen LogP contribution in [0.3, 0.4) is 0 Å². The van der Waals surface area contributed by atoms with E-state index < -0.39 is 23.4 Å². The molecule has 1 aromatic heterocycles. The molecule has 0 amide bonds. The minimum Gasteiger partial charge on any atom is -0.228 e. The summed E-state index contributed by atoms with van der Waals surface area (Å²) in [5.74, 6) is -1.38. The molecule has 24 heavy (non-hydrogen) atoms. The van der Waals surface area contributed by atoms with E-state index in [0.29, 0.717) is 4.34 Å². The van der Waals surface area contributed by atoms with Gasteiger partial charge in [0.15, 0.2) is 4.34 Å². The van der Waals surface area contributed by atoms with Crippen molar-refractivity contribution in [3.8, 4) is 0 Å². The second kappa shape index (κ2) is 6.50. The zero-order valence-corrected chi connectivity index (χ0v) is 14.0. The lowest BCUT2D eigenvalue weighted by atomic mass is 10.2. The van der Waals surface area contributed by atoms with Crippen LogP contribution in [-0.4, -0.2) is 4.98 Å². The highest BCUT2D eigenvalue weighted by atomic mass is 35.5. The lowest BCUT2D eigenvalue weighted by Crippen LogP contribution is -2.04. The number of hydrogen-bond donors (Lipinski definition) is 0. The summed E-state index contributed by atoms with van der Waals surface area (Å²) in [4.78, 5) is 4.15. The molecule has 0 unspecified atom stereocenters. The highest BCUT2D eigenvalue weighted by Crippen LogP contribution is 2.39. The average molecular weight is 396 g/mol. The maximum absolute atomic E-state index is 13.6. The van der Waals surface area contributed by atoms with Crippen molar-refractivity contribution in [3.05, 3.63) is 58.1 Å². The summed E-state index contributed by atoms with van der Waals surface area (Å²) in [6.45, 7) is 0. The molecule has 126 valence electrons. The first-order valence-corrected chi connectivity index (χ1v) is 8.66. The monoisotopic (exact) mass is 395 g/mol. The van der Waals surface area contributed by atoms with Gasteiger partial charge in [-0.3, -0.25) is 0 Å². The fourth-order valence-corrected chi connectivity index (χ4v) is 4.46. The molecule has 3 rings (SSSR count). The average Bonchev–Trinajstić information content (AvgIpc) is 2.89. The Labute approximate surface area is 146 Å². The summed E-state index contributed by atoms with van der Waals surface area (Å²) < 4.78 is 66.2. The summed E-state index contributed by atoms with van der Waals surface area (Å²) in [6, 6.07) is 5.32. The second-order valence-corrected chi connectivity index (χ2v) is 7.43. The predicted molar refractivity (Wildman–Crippen MR) is 85.6 cm³/mol. The van der Waals surface area contributed by atoms with Crippen LogP contribution in [-0.2, 0) is 11.9 Å². The molecule has 0 aliphatic carbocycles. The SMILES string of the molecule is Fc1cccc(F)c1CSc1nc2c(Cl)cc(C(F)(F)F)cc2s1. The quantitative estimate of drug-likeness (QED) is 0.369. The first-order chi connectivity index (χ1) is 11.3. The Hall–Kier alpha value is -1.38. The number of thiazole rings is 1. The van der Waals surface area contributed by atoms with Crippen LogP contribution in [0, 0.1) is 11.6 Å². The minimum atomic E-state index is -4.51. The summed E-state index contributed by atoms with van der Waals surface area (Å²) >= 11 is 7.90. The van der Waals surface area contributed by atoms with E-state index in [9.17, 15) is 22.0 Å². The molecule has 3 aromatic rings. The number of rotatable bonds is 3. The summed E-state index contributed by atoms with van der Waals surface area (Å²) in [5, 5.41) is -0.111. The number of fused-ring (bicyclic) bond motifs is 1. The zero-order valence-electron chi connectivity index (χ0n) is 11.6. The Bertz CT molecular complexity index is 887. The van der Waals surface area contributed by atoms with Crippen molar-refractivity contribution in [2.45, 2.75) is 16.3 Å². The second-order valence-electron chi connectivity index (χ2n) is 4.77. The van der Waals surface area contributed by atoms with Gasteiger partial charge in [-0.25, -0.2) is 13.8 Å². The fraction of sp³-hybridized carbons (Fsp3) is 0.133. The Morgan fingerprint density at radius 1 is 1.12 bits per heavy atom. The molecule has 1 nitrogen and oxygen atoms in total. The van der Waals surface area contributed by atoms with Gasteiger partial charge in [0.1, 0.15) is 17.2 Å². The Morgan fingerprint density at radius 3 is 2.42 bits per heavy atom. The lowest BCUT2D eigenvalue weighted by Gasteiger charge is -2.06. The number of nitrogens with zero attached hydrogens (tertiary/aromatic N) is 1. The normalized spacial score (nSPS) is 12.1. The predicted octanol–water partition coefficient (Wildman–Crippen LogP) is 6.54. The van der Waals surface area contributed by atoms with Crippen molar-refractivity contribution in [1.29, 1.82) is 0 Å². The standard InChI is InChI=1S/C15H7ClF5NS2/c16-9-4-7(15(19,20)21)5-12-13(9)22-14(24-12)23-6-8-10(17)2-1-3-11(8)18/h1-5H,6H2. The molecular weight excluding hydrogens is 389 g/mol. The number of halogens is 6. The molecule has 0 aliphatic rings. The minimum absolute atomic E-state index is 0.0257. The molecule has 0 saturated carbocycles. The maximum Gasteiger partial charge on any atom is 0.416 e. The van der Waals surface area contributed by atoms with Gasteiger partial charge in [-0.15, -0.1) is 11.3 Å². The highest BCUT2D eigenvalue weighted by Gasteiger charge is 2.31. The van der Waals surface area contributed by atoms with Gasteiger partial charge in [-0.1, -0.05) is 29.4 Å². The van der Waals surface area contributed by atoms with Crippen molar-refractivity contribution < 1.29 is 22.0 Å². The third-order valence-electron chi connectivity index (χ3n) is 3.16. The fourth-order valence-electron chi connectivity index (χ4n) is 2.00. The Kier molecular flexibility index (Phi) is 4.72. The van der Waals surface area contributed by atoms with Crippen LogP contribution in [0.4, 0.5) is 22.0 Å². The Morgan fingerprint density at radius 2 is 1.79 bits per heavy atom. The molecule has 0 aliphatic heterocycles. The van der Waals surface area contributed by atoms with Gasteiger partial charge in [0.05, 0.1) is 15.3 Å². The van der Waals surface area contributed by atoms with Crippen molar-refractivity contribution >= 4 is 44.9 Å². The third kappa shape index (κ3) is 3.50. The first-order valence-electron chi connectivity index (χ1n) is 6.48. The number of aromatic nitrogens is 1. The van der Waals surface area contributed by atoms with Crippen LogP contribution in [0.25, 0.3) is 10.2 Å². The molecule has 0 atom stereocenters. The van der Waals surface area contributed by atoms with E-state index in [1.165, 1.54) is 6.07 Å². The van der Waals surface area contributed by atoms with Gasteiger partial charge in [-0.2, -0.15) is 13.2 Å². The molecule has 0 saturated heterocycles. The van der Waals surface area contributed by atoms with Gasteiger partial charge in [0.2, 0.25) is 0 Å². The largest absolute Gasteiger partial charge is 0.416 e. The molecule has 1 heterocycles. The smallest absolute Gasteiger partial charge is 0.228 e. The highest BCUT2D eigenvalue weighted by molar-refractivity contribution is 8.00. The van der Waals surface area contributed by atoms with Gasteiger partial charge < -0.3 is 0 Å². The van der Waals surface area contributed by atoms with Crippen molar-refractivity contribution in [2.75, 3.05) is 0 Å². The van der Waals surface area contributed by atoms with E-state index in [-0.39, 0.29) is 26.6 Å². The van der Waals surface area contributed by atoms with Crippen LogP contribution in [0.5, 0.6) is 0 Å². The topological polar surface area (TPSA) is 12.9 Å².